The third kappa shape index (κ3) is 2.85. The van der Waals surface area contributed by atoms with Gasteiger partial charge in [0, 0.05) is 28.3 Å². The van der Waals surface area contributed by atoms with Gasteiger partial charge in [0.15, 0.2) is 0 Å². The molecule has 0 saturated heterocycles. The average Bonchev–Trinajstić information content (AvgIpc) is 2.69. The molecule has 0 aliphatic heterocycles. The number of halogens is 1. The largest absolute Gasteiger partial charge is 0.241 e. The van der Waals surface area contributed by atoms with Crippen LogP contribution in [0.5, 0.6) is 0 Å². The summed E-state index contributed by atoms with van der Waals surface area (Å²) in [4.78, 5) is 5.75. The van der Waals surface area contributed by atoms with Crippen LogP contribution in [0.1, 0.15) is 16.3 Å². The van der Waals surface area contributed by atoms with Crippen molar-refractivity contribution in [3.8, 4) is 17.3 Å². The zero-order chi connectivity index (χ0) is 12.3. The lowest BCUT2D eigenvalue weighted by Gasteiger charge is -1.98. The van der Waals surface area contributed by atoms with Crippen molar-refractivity contribution in [3.05, 3.63) is 39.2 Å². The number of rotatable bonds is 3. The van der Waals surface area contributed by atoms with Crippen LogP contribution in [0.3, 0.4) is 0 Å². The molecule has 0 fully saturated rings. The molecule has 0 saturated carbocycles. The Morgan fingerprint density at radius 1 is 1.35 bits per heavy atom. The van der Waals surface area contributed by atoms with Crippen molar-refractivity contribution in [3.63, 3.8) is 0 Å². The normalized spacial score (nSPS) is 10.2. The van der Waals surface area contributed by atoms with E-state index >= 15 is 0 Å². The van der Waals surface area contributed by atoms with E-state index in [-0.39, 0.29) is 0 Å². The fraction of sp³-hybridized carbons (Fsp3) is 0.231. The molecular weight excluding hydrogens is 252 g/mol. The Kier molecular flexibility index (Phi) is 3.78. The Hall–Kier alpha value is -1.37. The molecule has 2 nitrogen and oxygen atoms in total. The molecule has 0 aliphatic rings. The number of benzene rings is 1. The van der Waals surface area contributed by atoms with Gasteiger partial charge in [-0.1, -0.05) is 23.7 Å². The topological polar surface area (TPSA) is 36.7 Å². The Morgan fingerprint density at radius 2 is 2.06 bits per heavy atom. The molecule has 2 rings (SSSR count). The van der Waals surface area contributed by atoms with Crippen LogP contribution in [-0.2, 0) is 6.42 Å². The minimum Gasteiger partial charge on any atom is -0.241 e. The van der Waals surface area contributed by atoms with E-state index in [1.54, 1.807) is 11.3 Å². The van der Waals surface area contributed by atoms with Crippen LogP contribution in [0.2, 0.25) is 5.02 Å². The Balaban J connectivity index is 2.30. The van der Waals surface area contributed by atoms with Crippen LogP contribution >= 0.6 is 22.9 Å². The maximum Gasteiger partial charge on any atom is 0.0945 e. The quantitative estimate of drug-likeness (QED) is 0.830. The summed E-state index contributed by atoms with van der Waals surface area (Å²) >= 11 is 7.52. The summed E-state index contributed by atoms with van der Waals surface area (Å²) in [7, 11) is 0. The second-order valence-electron chi connectivity index (χ2n) is 3.68. The smallest absolute Gasteiger partial charge is 0.0945 e. The van der Waals surface area contributed by atoms with Gasteiger partial charge in [0.25, 0.3) is 0 Å². The number of aromatic nitrogens is 1. The summed E-state index contributed by atoms with van der Waals surface area (Å²) in [6, 6.07) is 9.81. The summed E-state index contributed by atoms with van der Waals surface area (Å²) in [5.74, 6) is 0. The monoisotopic (exact) mass is 262 g/mol. The summed E-state index contributed by atoms with van der Waals surface area (Å²) in [5, 5.41) is 10.3. The van der Waals surface area contributed by atoms with E-state index in [2.05, 4.69) is 18.0 Å². The molecule has 0 spiro atoms. The zero-order valence-electron chi connectivity index (χ0n) is 9.40. The van der Waals surface area contributed by atoms with Gasteiger partial charge in [-0.2, -0.15) is 5.26 Å². The molecule has 1 heterocycles. The molecule has 0 atom stereocenters. The van der Waals surface area contributed by atoms with E-state index in [9.17, 15) is 0 Å². The molecule has 0 aliphatic carbocycles. The average molecular weight is 263 g/mol. The fourth-order valence-corrected chi connectivity index (χ4v) is 2.68. The van der Waals surface area contributed by atoms with E-state index < -0.39 is 0 Å². The van der Waals surface area contributed by atoms with Crippen molar-refractivity contribution in [2.75, 3.05) is 0 Å². The van der Waals surface area contributed by atoms with Gasteiger partial charge in [-0.15, -0.1) is 11.3 Å². The third-order valence-corrected chi connectivity index (χ3v) is 3.69. The summed E-state index contributed by atoms with van der Waals surface area (Å²) in [6.07, 6.45) is 1.25. The predicted octanol–water partition coefficient (Wildman–Crippen LogP) is 4.23. The first-order valence-corrected chi connectivity index (χ1v) is 6.49. The van der Waals surface area contributed by atoms with Crippen molar-refractivity contribution in [1.29, 1.82) is 5.26 Å². The lowest BCUT2D eigenvalue weighted by Crippen LogP contribution is -1.83. The zero-order valence-corrected chi connectivity index (χ0v) is 11.0. The molecule has 0 radical (unpaired) electrons. The molecule has 1 aromatic heterocycles. The first-order chi connectivity index (χ1) is 8.20. The summed E-state index contributed by atoms with van der Waals surface area (Å²) < 4.78 is 0. The van der Waals surface area contributed by atoms with Crippen LogP contribution < -0.4 is 0 Å². The van der Waals surface area contributed by atoms with Gasteiger partial charge in [0.05, 0.1) is 16.8 Å². The number of thiazole rings is 1. The number of aryl methyl sites for hydroxylation is 2. The molecule has 0 N–H and O–H groups in total. The number of nitriles is 1. The molecule has 0 unspecified atom stereocenters. The van der Waals surface area contributed by atoms with Crippen molar-refractivity contribution in [2.45, 2.75) is 19.8 Å². The highest BCUT2D eigenvalue weighted by atomic mass is 35.5. The Bertz CT molecular complexity index is 552. The minimum atomic E-state index is 0.521. The highest BCUT2D eigenvalue weighted by molar-refractivity contribution is 7.12. The molecular formula is C13H11ClN2S. The van der Waals surface area contributed by atoms with Crippen molar-refractivity contribution in [2.24, 2.45) is 0 Å². The van der Waals surface area contributed by atoms with E-state index in [1.165, 1.54) is 4.88 Å². The lowest BCUT2D eigenvalue weighted by molar-refractivity contribution is 0.990. The number of nitrogens with zero attached hydrogens (tertiary/aromatic N) is 2. The van der Waals surface area contributed by atoms with Gasteiger partial charge in [0.1, 0.15) is 0 Å². The lowest BCUT2D eigenvalue weighted by atomic mass is 10.1. The molecule has 0 amide bonds. The highest BCUT2D eigenvalue weighted by Crippen LogP contribution is 2.28. The van der Waals surface area contributed by atoms with Crippen molar-refractivity contribution in [1.82, 2.24) is 4.98 Å². The molecule has 2 aromatic rings. The Labute approximate surface area is 110 Å². The van der Waals surface area contributed by atoms with E-state index in [0.717, 1.165) is 27.7 Å². The Morgan fingerprint density at radius 3 is 2.71 bits per heavy atom. The summed E-state index contributed by atoms with van der Waals surface area (Å²) in [5.41, 5.74) is 2.07. The standard InChI is InChI=1S/C13H11ClN2S/c1-9-13(10-4-6-11(14)7-5-10)16-12(17-9)3-2-8-15/h4-7H,2-3H2,1H3. The van der Waals surface area contributed by atoms with Gasteiger partial charge < -0.3 is 0 Å². The van der Waals surface area contributed by atoms with Crippen LogP contribution in [0.4, 0.5) is 0 Å². The number of hydrogen-bond donors (Lipinski definition) is 0. The van der Waals surface area contributed by atoms with Crippen molar-refractivity contribution >= 4 is 22.9 Å². The van der Waals surface area contributed by atoms with E-state index in [1.807, 2.05) is 24.3 Å². The minimum absolute atomic E-state index is 0.521. The van der Waals surface area contributed by atoms with E-state index in [0.29, 0.717) is 6.42 Å². The van der Waals surface area contributed by atoms with Crippen molar-refractivity contribution < 1.29 is 0 Å². The second kappa shape index (κ2) is 5.31. The van der Waals surface area contributed by atoms with Gasteiger partial charge >= 0.3 is 0 Å². The highest BCUT2D eigenvalue weighted by Gasteiger charge is 2.09. The van der Waals surface area contributed by atoms with E-state index in [4.69, 9.17) is 16.9 Å². The van der Waals surface area contributed by atoms with Gasteiger partial charge in [-0.3, -0.25) is 0 Å². The molecule has 0 bridgehead atoms. The van der Waals surface area contributed by atoms with Crippen LogP contribution in [0.25, 0.3) is 11.3 Å². The van der Waals surface area contributed by atoms with Gasteiger partial charge in [0.2, 0.25) is 0 Å². The predicted molar refractivity (Wildman–Crippen MR) is 71.2 cm³/mol. The first-order valence-electron chi connectivity index (χ1n) is 5.30. The molecule has 86 valence electrons. The number of hydrogen-bond acceptors (Lipinski definition) is 3. The van der Waals surface area contributed by atoms with Gasteiger partial charge in [-0.05, 0) is 19.1 Å². The van der Waals surface area contributed by atoms with Gasteiger partial charge in [-0.25, -0.2) is 4.98 Å². The fourth-order valence-electron chi connectivity index (χ4n) is 1.60. The van der Waals surface area contributed by atoms with Crippen LogP contribution in [-0.4, -0.2) is 4.98 Å². The SMILES string of the molecule is Cc1sc(CCC#N)nc1-c1ccc(Cl)cc1. The van der Waals surface area contributed by atoms with Crippen LogP contribution in [0, 0.1) is 18.3 Å². The molecule has 1 aromatic carbocycles. The third-order valence-electron chi connectivity index (χ3n) is 2.41. The first kappa shape index (κ1) is 12.1. The second-order valence-corrected chi connectivity index (χ2v) is 5.40. The maximum absolute atomic E-state index is 8.56. The summed E-state index contributed by atoms with van der Waals surface area (Å²) in [6.45, 7) is 2.05. The molecule has 4 heteroatoms. The maximum atomic E-state index is 8.56. The van der Waals surface area contributed by atoms with Crippen LogP contribution in [0.15, 0.2) is 24.3 Å². The molecule has 17 heavy (non-hydrogen) atoms.